The van der Waals surface area contributed by atoms with Gasteiger partial charge in [-0.15, -0.1) is 0 Å². The number of aromatic nitrogens is 1. The summed E-state index contributed by atoms with van der Waals surface area (Å²) >= 11 is 3.59. The first-order chi connectivity index (χ1) is 9.25. The van der Waals surface area contributed by atoms with Gasteiger partial charge in [0.15, 0.2) is 5.76 Å². The van der Waals surface area contributed by atoms with E-state index in [0.717, 1.165) is 27.1 Å². The Bertz CT molecular complexity index is 687. The Balaban J connectivity index is 2.06. The fourth-order valence-corrected chi connectivity index (χ4v) is 2.54. The Kier molecular flexibility index (Phi) is 3.22. The molecule has 0 aliphatic heterocycles. The minimum absolute atomic E-state index is 0.763. The number of hydrogen-bond acceptors (Lipinski definition) is 2. The maximum Gasteiger partial charge on any atom is 0.181 e. The highest BCUT2D eigenvalue weighted by atomic mass is 79.9. The molecule has 0 N–H and O–H groups in total. The molecule has 0 amide bonds. The zero-order valence-corrected chi connectivity index (χ0v) is 12.0. The zero-order chi connectivity index (χ0) is 13.2. The van der Waals surface area contributed by atoms with Crippen LogP contribution in [0.5, 0.6) is 0 Å². The van der Waals surface area contributed by atoms with Gasteiger partial charge in [-0.05, 0) is 22.9 Å². The largest absolute Gasteiger partial charge is 0.354 e. The Morgan fingerprint density at radius 2 is 1.58 bits per heavy atom. The van der Waals surface area contributed by atoms with Gasteiger partial charge in [0, 0.05) is 11.1 Å². The molecule has 1 aromatic heterocycles. The van der Waals surface area contributed by atoms with E-state index >= 15 is 0 Å². The molecule has 94 valence electrons. The van der Waals surface area contributed by atoms with Gasteiger partial charge in [-0.1, -0.05) is 65.3 Å². The van der Waals surface area contributed by atoms with Crippen LogP contribution in [0.1, 0.15) is 5.56 Å². The van der Waals surface area contributed by atoms with E-state index in [1.807, 2.05) is 42.5 Å². The number of benzene rings is 2. The van der Waals surface area contributed by atoms with Crippen molar-refractivity contribution in [1.82, 2.24) is 5.16 Å². The topological polar surface area (TPSA) is 26.0 Å². The molecule has 0 radical (unpaired) electrons. The van der Waals surface area contributed by atoms with Crippen molar-refractivity contribution in [2.75, 3.05) is 0 Å². The van der Waals surface area contributed by atoms with E-state index in [1.165, 1.54) is 5.56 Å². The van der Waals surface area contributed by atoms with Gasteiger partial charge in [0.1, 0.15) is 5.69 Å². The van der Waals surface area contributed by atoms with Crippen LogP contribution in [0.25, 0.3) is 22.6 Å². The molecule has 0 unspecified atom stereocenters. The molecule has 3 aromatic rings. The highest BCUT2D eigenvalue weighted by molar-refractivity contribution is 9.10. The number of hydrogen-bond donors (Lipinski definition) is 0. The van der Waals surface area contributed by atoms with Gasteiger partial charge >= 0.3 is 0 Å². The standard InChI is InChI=1S/C16H12BrNO/c1-11-7-9-13(10-8-11)16-14(17)15(18-19-16)12-5-3-2-4-6-12/h2-10H,1H3. The van der Waals surface area contributed by atoms with Crippen molar-refractivity contribution < 1.29 is 4.52 Å². The lowest BCUT2D eigenvalue weighted by atomic mass is 10.1. The van der Waals surface area contributed by atoms with Crippen LogP contribution < -0.4 is 0 Å². The van der Waals surface area contributed by atoms with Crippen LogP contribution >= 0.6 is 15.9 Å². The SMILES string of the molecule is Cc1ccc(-c2onc(-c3ccccc3)c2Br)cc1. The van der Waals surface area contributed by atoms with Crippen molar-refractivity contribution in [3.05, 3.63) is 64.6 Å². The quantitative estimate of drug-likeness (QED) is 0.659. The predicted octanol–water partition coefficient (Wildman–Crippen LogP) is 5.08. The molecule has 0 fully saturated rings. The molecule has 3 heteroatoms. The van der Waals surface area contributed by atoms with Crippen LogP contribution in [-0.2, 0) is 0 Å². The van der Waals surface area contributed by atoms with Gasteiger partial charge < -0.3 is 4.52 Å². The van der Waals surface area contributed by atoms with Gasteiger partial charge in [-0.25, -0.2) is 0 Å². The van der Waals surface area contributed by atoms with Crippen LogP contribution in [-0.4, -0.2) is 5.16 Å². The molecule has 2 aromatic carbocycles. The third kappa shape index (κ3) is 2.34. The fraction of sp³-hybridized carbons (Fsp3) is 0.0625. The van der Waals surface area contributed by atoms with E-state index in [9.17, 15) is 0 Å². The fourth-order valence-electron chi connectivity index (χ4n) is 1.94. The molecule has 0 aliphatic rings. The van der Waals surface area contributed by atoms with E-state index in [2.05, 4.69) is 40.1 Å². The maximum absolute atomic E-state index is 5.48. The van der Waals surface area contributed by atoms with Crippen molar-refractivity contribution in [3.8, 4) is 22.6 Å². The van der Waals surface area contributed by atoms with Crippen molar-refractivity contribution in [2.45, 2.75) is 6.92 Å². The molecule has 0 spiro atoms. The summed E-state index contributed by atoms with van der Waals surface area (Å²) in [7, 11) is 0. The lowest BCUT2D eigenvalue weighted by Gasteiger charge is -1.98. The molecule has 0 bridgehead atoms. The Morgan fingerprint density at radius 1 is 0.895 bits per heavy atom. The summed E-state index contributed by atoms with van der Waals surface area (Å²) in [6, 6.07) is 18.2. The number of aryl methyl sites for hydroxylation is 1. The summed E-state index contributed by atoms with van der Waals surface area (Å²) in [5, 5.41) is 4.16. The lowest BCUT2D eigenvalue weighted by Crippen LogP contribution is -1.78. The molecule has 0 saturated carbocycles. The third-order valence-electron chi connectivity index (χ3n) is 3.00. The van der Waals surface area contributed by atoms with Gasteiger partial charge in [-0.3, -0.25) is 0 Å². The molecule has 0 aliphatic carbocycles. The molecule has 2 nitrogen and oxygen atoms in total. The molecule has 3 rings (SSSR count). The normalized spacial score (nSPS) is 10.6. The summed E-state index contributed by atoms with van der Waals surface area (Å²) in [6.07, 6.45) is 0. The van der Waals surface area contributed by atoms with Gasteiger partial charge in [0.2, 0.25) is 0 Å². The van der Waals surface area contributed by atoms with Crippen LogP contribution in [0.4, 0.5) is 0 Å². The molecule has 19 heavy (non-hydrogen) atoms. The van der Waals surface area contributed by atoms with Crippen molar-refractivity contribution in [3.63, 3.8) is 0 Å². The first kappa shape index (κ1) is 12.2. The zero-order valence-electron chi connectivity index (χ0n) is 10.4. The maximum atomic E-state index is 5.48. The van der Waals surface area contributed by atoms with Crippen LogP contribution in [0.2, 0.25) is 0 Å². The summed E-state index contributed by atoms with van der Waals surface area (Å²) in [5.74, 6) is 0.763. The summed E-state index contributed by atoms with van der Waals surface area (Å²) in [6.45, 7) is 2.06. The van der Waals surface area contributed by atoms with Crippen LogP contribution in [0, 0.1) is 6.92 Å². The molecule has 0 saturated heterocycles. The minimum Gasteiger partial charge on any atom is -0.354 e. The van der Waals surface area contributed by atoms with E-state index in [-0.39, 0.29) is 0 Å². The van der Waals surface area contributed by atoms with Crippen molar-refractivity contribution in [2.24, 2.45) is 0 Å². The highest BCUT2D eigenvalue weighted by Gasteiger charge is 2.16. The second-order valence-corrected chi connectivity index (χ2v) is 5.20. The first-order valence-corrected chi connectivity index (χ1v) is 6.82. The van der Waals surface area contributed by atoms with Gasteiger partial charge in [0.25, 0.3) is 0 Å². The van der Waals surface area contributed by atoms with Crippen molar-refractivity contribution >= 4 is 15.9 Å². The number of rotatable bonds is 2. The Hall–Kier alpha value is -1.87. The van der Waals surface area contributed by atoms with E-state index in [0.29, 0.717) is 0 Å². The Morgan fingerprint density at radius 3 is 2.26 bits per heavy atom. The van der Waals surface area contributed by atoms with E-state index in [4.69, 9.17) is 4.52 Å². The minimum atomic E-state index is 0.763. The molecular weight excluding hydrogens is 302 g/mol. The Labute approximate surface area is 120 Å². The molecule has 1 heterocycles. The van der Waals surface area contributed by atoms with Gasteiger partial charge in [0.05, 0.1) is 4.47 Å². The smallest absolute Gasteiger partial charge is 0.181 e. The second-order valence-electron chi connectivity index (χ2n) is 4.41. The van der Waals surface area contributed by atoms with E-state index in [1.54, 1.807) is 0 Å². The van der Waals surface area contributed by atoms with Crippen LogP contribution in [0.3, 0.4) is 0 Å². The van der Waals surface area contributed by atoms with Gasteiger partial charge in [-0.2, -0.15) is 0 Å². The van der Waals surface area contributed by atoms with Crippen molar-refractivity contribution in [1.29, 1.82) is 0 Å². The summed E-state index contributed by atoms with van der Waals surface area (Å²) < 4.78 is 6.37. The second kappa shape index (κ2) is 5.02. The monoisotopic (exact) mass is 313 g/mol. The predicted molar refractivity (Wildman–Crippen MR) is 79.8 cm³/mol. The summed E-state index contributed by atoms with van der Waals surface area (Å²) in [5.41, 5.74) is 4.11. The lowest BCUT2D eigenvalue weighted by molar-refractivity contribution is 0.434. The highest BCUT2D eigenvalue weighted by Crippen LogP contribution is 2.36. The third-order valence-corrected chi connectivity index (χ3v) is 3.73. The average molecular weight is 314 g/mol. The molecule has 0 atom stereocenters. The van der Waals surface area contributed by atoms with Crippen LogP contribution in [0.15, 0.2) is 63.6 Å². The van der Waals surface area contributed by atoms with E-state index < -0.39 is 0 Å². The number of halogens is 1. The average Bonchev–Trinajstić information content (AvgIpc) is 2.83. The summed E-state index contributed by atoms with van der Waals surface area (Å²) in [4.78, 5) is 0. The number of nitrogens with zero attached hydrogens (tertiary/aromatic N) is 1. The molecular formula is C16H12BrNO. The first-order valence-electron chi connectivity index (χ1n) is 6.03.